The summed E-state index contributed by atoms with van der Waals surface area (Å²) >= 11 is 5.69. The summed E-state index contributed by atoms with van der Waals surface area (Å²) < 4.78 is 2.38. The van der Waals surface area contributed by atoms with Gasteiger partial charge in [-0.05, 0) is 87.8 Å². The molecule has 4 nitrogen and oxygen atoms in total. The second kappa shape index (κ2) is 7.64. The number of nitrogens with zero attached hydrogens (tertiary/aromatic N) is 3. The summed E-state index contributed by atoms with van der Waals surface area (Å²) in [5.74, 6) is 0. The lowest BCUT2D eigenvalue weighted by atomic mass is 9.97. The van der Waals surface area contributed by atoms with Crippen LogP contribution in [-0.2, 0) is 0 Å². The van der Waals surface area contributed by atoms with Gasteiger partial charge in [0.15, 0.2) is 5.11 Å². The molecule has 0 aliphatic carbocycles. The fraction of sp³-hybridized carbons (Fsp3) is 0.333. The zero-order chi connectivity index (χ0) is 20.7. The molecule has 0 saturated carbocycles. The number of hydrogen-bond acceptors (Lipinski definition) is 2. The Labute approximate surface area is 178 Å². The normalized spacial score (nSPS) is 18.9. The van der Waals surface area contributed by atoms with Gasteiger partial charge in [-0.3, -0.25) is 4.98 Å². The minimum Gasteiger partial charge on any atom is -0.352 e. The van der Waals surface area contributed by atoms with E-state index >= 15 is 0 Å². The van der Waals surface area contributed by atoms with E-state index in [2.05, 4.69) is 84.7 Å². The maximum atomic E-state index is 5.69. The lowest BCUT2D eigenvalue weighted by molar-refractivity contribution is 0.329. The predicted molar refractivity (Wildman–Crippen MR) is 123 cm³/mol. The average molecular weight is 405 g/mol. The van der Waals surface area contributed by atoms with Crippen LogP contribution >= 0.6 is 12.2 Å². The maximum Gasteiger partial charge on any atom is 0.170 e. The van der Waals surface area contributed by atoms with Gasteiger partial charge >= 0.3 is 0 Å². The van der Waals surface area contributed by atoms with Crippen LogP contribution in [0.5, 0.6) is 0 Å². The number of aromatic nitrogens is 2. The smallest absolute Gasteiger partial charge is 0.170 e. The first-order valence-corrected chi connectivity index (χ1v) is 10.6. The molecule has 1 fully saturated rings. The minimum atomic E-state index is 0.0382. The van der Waals surface area contributed by atoms with E-state index in [4.69, 9.17) is 12.2 Å². The average Bonchev–Trinajstić information content (AvgIpc) is 3.20. The van der Waals surface area contributed by atoms with E-state index in [1.807, 2.05) is 18.3 Å². The van der Waals surface area contributed by atoms with Crippen molar-refractivity contribution in [3.05, 3.63) is 82.4 Å². The van der Waals surface area contributed by atoms with E-state index in [1.165, 1.54) is 33.8 Å². The minimum absolute atomic E-state index is 0.0382. The molecule has 4 rings (SSSR count). The highest BCUT2D eigenvalue weighted by Crippen LogP contribution is 2.41. The molecule has 2 atom stereocenters. The van der Waals surface area contributed by atoms with Crippen LogP contribution in [0, 0.1) is 27.7 Å². The fourth-order valence-corrected chi connectivity index (χ4v) is 4.89. The number of rotatable bonds is 4. The number of aryl methyl sites for hydroxylation is 2. The molecule has 3 aromatic rings. The number of nitrogens with one attached hydrogen (secondary N) is 1. The van der Waals surface area contributed by atoms with Crippen LogP contribution in [0.3, 0.4) is 0 Å². The van der Waals surface area contributed by atoms with Gasteiger partial charge in [-0.15, -0.1) is 0 Å². The molecule has 3 heterocycles. The Kier molecular flexibility index (Phi) is 5.17. The van der Waals surface area contributed by atoms with Gasteiger partial charge in [0.1, 0.15) is 0 Å². The molecule has 1 saturated heterocycles. The highest BCUT2D eigenvalue weighted by Gasteiger charge is 2.40. The Morgan fingerprint density at radius 2 is 1.86 bits per heavy atom. The van der Waals surface area contributed by atoms with Crippen molar-refractivity contribution in [2.45, 2.75) is 46.7 Å². The maximum absolute atomic E-state index is 5.69. The first kappa shape index (κ1) is 19.6. The molecule has 0 radical (unpaired) electrons. The van der Waals surface area contributed by atoms with Crippen LogP contribution in [0.4, 0.5) is 0 Å². The van der Waals surface area contributed by atoms with Crippen molar-refractivity contribution < 1.29 is 0 Å². The van der Waals surface area contributed by atoms with Gasteiger partial charge in [-0.1, -0.05) is 18.2 Å². The van der Waals surface area contributed by atoms with Gasteiger partial charge in [-0.25, -0.2) is 0 Å². The third kappa shape index (κ3) is 3.23. The van der Waals surface area contributed by atoms with Crippen LogP contribution in [0.1, 0.15) is 52.8 Å². The molecule has 0 amide bonds. The highest BCUT2D eigenvalue weighted by molar-refractivity contribution is 7.80. The van der Waals surface area contributed by atoms with Gasteiger partial charge in [0.05, 0.1) is 17.8 Å². The van der Waals surface area contributed by atoms with E-state index < -0.39 is 0 Å². The molecule has 2 aromatic heterocycles. The van der Waals surface area contributed by atoms with Crippen LogP contribution in [-0.4, -0.2) is 26.1 Å². The molecule has 1 N–H and O–H groups in total. The fourth-order valence-electron chi connectivity index (χ4n) is 4.52. The summed E-state index contributed by atoms with van der Waals surface area (Å²) in [5.41, 5.74) is 8.68. The van der Waals surface area contributed by atoms with Crippen LogP contribution in [0.2, 0.25) is 0 Å². The van der Waals surface area contributed by atoms with Crippen molar-refractivity contribution in [1.82, 2.24) is 19.8 Å². The van der Waals surface area contributed by atoms with E-state index in [0.29, 0.717) is 0 Å². The van der Waals surface area contributed by atoms with Gasteiger partial charge < -0.3 is 14.8 Å². The molecule has 150 valence electrons. The Morgan fingerprint density at radius 3 is 2.55 bits per heavy atom. The van der Waals surface area contributed by atoms with Crippen molar-refractivity contribution >= 4 is 17.3 Å². The molecular formula is C24H28N4S. The van der Waals surface area contributed by atoms with Crippen molar-refractivity contribution in [2.75, 3.05) is 6.54 Å². The second-order valence-corrected chi connectivity index (χ2v) is 8.18. The number of benzene rings is 1. The third-order valence-corrected chi connectivity index (χ3v) is 6.50. The van der Waals surface area contributed by atoms with Crippen LogP contribution in [0.15, 0.2) is 48.7 Å². The largest absolute Gasteiger partial charge is 0.352 e. The van der Waals surface area contributed by atoms with E-state index in [0.717, 1.165) is 17.4 Å². The molecule has 1 aliphatic rings. The van der Waals surface area contributed by atoms with E-state index in [9.17, 15) is 0 Å². The first-order chi connectivity index (χ1) is 13.9. The predicted octanol–water partition coefficient (Wildman–Crippen LogP) is 5.10. The Bertz CT molecular complexity index is 1050. The van der Waals surface area contributed by atoms with Gasteiger partial charge in [0, 0.05) is 29.8 Å². The van der Waals surface area contributed by atoms with E-state index in [-0.39, 0.29) is 12.1 Å². The van der Waals surface area contributed by atoms with Crippen molar-refractivity contribution in [1.29, 1.82) is 0 Å². The highest BCUT2D eigenvalue weighted by atomic mass is 32.1. The van der Waals surface area contributed by atoms with Crippen molar-refractivity contribution in [3.8, 4) is 5.69 Å². The number of pyridine rings is 1. The summed E-state index contributed by atoms with van der Waals surface area (Å²) in [6.07, 6.45) is 1.85. The van der Waals surface area contributed by atoms with E-state index in [1.54, 1.807) is 0 Å². The molecular weight excluding hydrogens is 376 g/mol. The Morgan fingerprint density at radius 1 is 1.07 bits per heavy atom. The summed E-state index contributed by atoms with van der Waals surface area (Å²) in [4.78, 5) is 6.91. The standard InChI is InChI=1S/C24H28N4S/c1-6-27-23(22(26-24(27)29)20-11-7-8-13-25-20)19-14-16(3)28(18(19)5)21-12-9-10-15(2)17(21)4/h7-14,22-23H,6H2,1-5H3,(H,26,29)/t22-,23-/m1/s1. The number of thiocarbonyl (C=S) groups is 1. The second-order valence-electron chi connectivity index (χ2n) is 7.79. The van der Waals surface area contributed by atoms with Gasteiger partial charge in [-0.2, -0.15) is 0 Å². The third-order valence-electron chi connectivity index (χ3n) is 6.14. The summed E-state index contributed by atoms with van der Waals surface area (Å²) in [6, 6.07) is 15.1. The Balaban J connectivity index is 1.86. The van der Waals surface area contributed by atoms with Gasteiger partial charge in [0.2, 0.25) is 0 Å². The molecule has 0 spiro atoms. The Hall–Kier alpha value is -2.66. The summed E-state index contributed by atoms with van der Waals surface area (Å²) in [5, 5.41) is 4.32. The zero-order valence-electron chi connectivity index (χ0n) is 17.7. The summed E-state index contributed by atoms with van der Waals surface area (Å²) in [7, 11) is 0. The summed E-state index contributed by atoms with van der Waals surface area (Å²) in [6.45, 7) is 11.8. The first-order valence-electron chi connectivity index (χ1n) is 10.2. The van der Waals surface area contributed by atoms with Crippen molar-refractivity contribution in [3.63, 3.8) is 0 Å². The van der Waals surface area contributed by atoms with Crippen molar-refractivity contribution in [2.24, 2.45) is 0 Å². The molecule has 0 unspecified atom stereocenters. The number of likely N-dealkylation sites (N-methyl/N-ethyl adjacent to an activating group) is 1. The topological polar surface area (TPSA) is 33.1 Å². The SMILES string of the molecule is CCN1C(=S)N[C@H](c2ccccn2)[C@H]1c1cc(C)n(-c2cccc(C)c2C)c1C. The zero-order valence-corrected chi connectivity index (χ0v) is 18.5. The molecule has 1 aliphatic heterocycles. The molecule has 0 bridgehead atoms. The van der Waals surface area contributed by atoms with Gasteiger partial charge in [0.25, 0.3) is 0 Å². The lowest BCUT2D eigenvalue weighted by Gasteiger charge is -2.27. The molecule has 29 heavy (non-hydrogen) atoms. The lowest BCUT2D eigenvalue weighted by Crippen LogP contribution is -2.29. The van der Waals surface area contributed by atoms with Crippen LogP contribution < -0.4 is 5.32 Å². The molecule has 1 aromatic carbocycles. The number of hydrogen-bond donors (Lipinski definition) is 1. The monoisotopic (exact) mass is 404 g/mol. The molecule has 5 heteroatoms. The van der Waals surface area contributed by atoms with Crippen LogP contribution in [0.25, 0.3) is 5.69 Å². The quantitative estimate of drug-likeness (QED) is 0.614.